The number of thioether (sulfide) groups is 1. The van der Waals surface area contributed by atoms with Gasteiger partial charge in [-0.05, 0) is 32.1 Å². The minimum atomic E-state index is 0.0730. The van der Waals surface area contributed by atoms with E-state index in [2.05, 4.69) is 23.6 Å². The van der Waals surface area contributed by atoms with E-state index in [1.165, 1.54) is 18.4 Å². The van der Waals surface area contributed by atoms with Crippen molar-refractivity contribution in [3.8, 4) is 0 Å². The van der Waals surface area contributed by atoms with Crippen molar-refractivity contribution < 1.29 is 4.79 Å². The maximum absolute atomic E-state index is 11.8. The highest BCUT2D eigenvalue weighted by atomic mass is 32.2. The number of hydrogen-bond acceptors (Lipinski definition) is 3. The van der Waals surface area contributed by atoms with Gasteiger partial charge < -0.3 is 10.6 Å². The number of rotatable bonds is 7. The Morgan fingerprint density at radius 2 is 2.47 bits per heavy atom. The zero-order chi connectivity index (χ0) is 12.5. The fourth-order valence-electron chi connectivity index (χ4n) is 1.65. The predicted molar refractivity (Wildman–Crippen MR) is 75.4 cm³/mol. The molecule has 0 aliphatic carbocycles. The molecule has 1 heterocycles. The van der Waals surface area contributed by atoms with Gasteiger partial charge in [-0.15, -0.1) is 11.8 Å². The zero-order valence-corrected chi connectivity index (χ0v) is 11.7. The van der Waals surface area contributed by atoms with Crippen molar-refractivity contribution in [2.45, 2.75) is 38.4 Å². The third kappa shape index (κ3) is 6.13. The van der Waals surface area contributed by atoms with Crippen molar-refractivity contribution >= 4 is 17.7 Å². The maximum Gasteiger partial charge on any atom is 0.233 e. The van der Waals surface area contributed by atoms with Gasteiger partial charge in [-0.25, -0.2) is 0 Å². The molecule has 3 nitrogen and oxygen atoms in total. The SMILES string of the molecule is CCCCSC(C)C(=O)NCC1=CCNCC1. The van der Waals surface area contributed by atoms with Crippen LogP contribution in [0.4, 0.5) is 0 Å². The number of unbranched alkanes of at least 4 members (excludes halogenated alkanes) is 1. The number of carbonyl (C=O) groups is 1. The summed E-state index contributed by atoms with van der Waals surface area (Å²) in [4.78, 5) is 11.8. The number of nitrogens with one attached hydrogen (secondary N) is 2. The summed E-state index contributed by atoms with van der Waals surface area (Å²) in [5.74, 6) is 1.25. The Hall–Kier alpha value is -0.480. The largest absolute Gasteiger partial charge is 0.351 e. The van der Waals surface area contributed by atoms with Crippen LogP contribution in [-0.4, -0.2) is 36.5 Å². The van der Waals surface area contributed by atoms with Crippen molar-refractivity contribution in [3.05, 3.63) is 11.6 Å². The highest BCUT2D eigenvalue weighted by Gasteiger charge is 2.13. The first-order chi connectivity index (χ1) is 8.24. The Balaban J connectivity index is 2.16. The molecule has 1 amide bonds. The lowest BCUT2D eigenvalue weighted by atomic mass is 10.1. The Morgan fingerprint density at radius 3 is 3.12 bits per heavy atom. The lowest BCUT2D eigenvalue weighted by Crippen LogP contribution is -2.34. The molecule has 1 aliphatic rings. The topological polar surface area (TPSA) is 41.1 Å². The van der Waals surface area contributed by atoms with Crippen LogP contribution < -0.4 is 10.6 Å². The molecule has 0 aromatic rings. The summed E-state index contributed by atoms with van der Waals surface area (Å²) >= 11 is 1.75. The molecular formula is C13H24N2OS. The standard InChI is InChI=1S/C13H24N2OS/c1-3-4-9-17-11(2)13(16)15-10-12-5-7-14-8-6-12/h5,11,14H,3-4,6-10H2,1-2H3,(H,15,16). The predicted octanol–water partition coefficient (Wildman–Crippen LogP) is 1.94. The maximum atomic E-state index is 11.8. The molecule has 17 heavy (non-hydrogen) atoms. The van der Waals surface area contributed by atoms with Gasteiger partial charge >= 0.3 is 0 Å². The molecule has 4 heteroatoms. The smallest absolute Gasteiger partial charge is 0.233 e. The number of amides is 1. The van der Waals surface area contributed by atoms with Gasteiger partial charge in [0.15, 0.2) is 0 Å². The van der Waals surface area contributed by atoms with E-state index >= 15 is 0 Å². The van der Waals surface area contributed by atoms with E-state index in [4.69, 9.17) is 0 Å². The highest BCUT2D eigenvalue weighted by molar-refractivity contribution is 8.00. The molecule has 0 spiro atoms. The molecule has 0 radical (unpaired) electrons. The molecule has 2 N–H and O–H groups in total. The van der Waals surface area contributed by atoms with E-state index in [1.54, 1.807) is 11.8 Å². The monoisotopic (exact) mass is 256 g/mol. The number of hydrogen-bond donors (Lipinski definition) is 2. The summed E-state index contributed by atoms with van der Waals surface area (Å²) in [7, 11) is 0. The van der Waals surface area contributed by atoms with Crippen LogP contribution in [0, 0.1) is 0 Å². The first-order valence-corrected chi connectivity index (χ1v) is 7.57. The molecule has 0 saturated carbocycles. The molecule has 0 fully saturated rings. The van der Waals surface area contributed by atoms with Crippen molar-refractivity contribution in [1.82, 2.24) is 10.6 Å². The number of carbonyl (C=O) groups excluding carboxylic acids is 1. The minimum absolute atomic E-state index is 0.0730. The first-order valence-electron chi connectivity index (χ1n) is 6.52. The van der Waals surface area contributed by atoms with Gasteiger partial charge in [0.05, 0.1) is 5.25 Å². The average molecular weight is 256 g/mol. The molecular weight excluding hydrogens is 232 g/mol. The second kappa shape index (κ2) is 8.59. The molecule has 1 atom stereocenters. The lowest BCUT2D eigenvalue weighted by Gasteiger charge is -2.16. The average Bonchev–Trinajstić information content (AvgIpc) is 2.37. The van der Waals surface area contributed by atoms with Crippen LogP contribution in [0.1, 0.15) is 33.1 Å². The van der Waals surface area contributed by atoms with Crippen LogP contribution in [0.5, 0.6) is 0 Å². The van der Waals surface area contributed by atoms with Crippen molar-refractivity contribution in [3.63, 3.8) is 0 Å². The summed E-state index contributed by atoms with van der Waals surface area (Å²) in [5.41, 5.74) is 1.35. The summed E-state index contributed by atoms with van der Waals surface area (Å²) < 4.78 is 0. The van der Waals surface area contributed by atoms with Crippen LogP contribution in [0.2, 0.25) is 0 Å². The summed E-state index contributed by atoms with van der Waals surface area (Å²) in [6, 6.07) is 0. The van der Waals surface area contributed by atoms with Crippen LogP contribution >= 0.6 is 11.8 Å². The third-order valence-electron chi connectivity index (χ3n) is 2.88. The summed E-state index contributed by atoms with van der Waals surface area (Å²) in [6.07, 6.45) is 5.62. The van der Waals surface area contributed by atoms with Gasteiger partial charge in [-0.2, -0.15) is 0 Å². The van der Waals surface area contributed by atoms with Gasteiger partial charge in [0.2, 0.25) is 5.91 Å². The lowest BCUT2D eigenvalue weighted by molar-refractivity contribution is -0.120. The van der Waals surface area contributed by atoms with Crippen LogP contribution in [0.15, 0.2) is 11.6 Å². The van der Waals surface area contributed by atoms with Gasteiger partial charge in [0.1, 0.15) is 0 Å². The van der Waals surface area contributed by atoms with E-state index < -0.39 is 0 Å². The molecule has 0 saturated heterocycles. The Labute approximate surface area is 109 Å². The van der Waals surface area contributed by atoms with Crippen molar-refractivity contribution in [1.29, 1.82) is 0 Å². The molecule has 1 rings (SSSR count). The van der Waals surface area contributed by atoms with Crippen LogP contribution in [0.3, 0.4) is 0 Å². The van der Waals surface area contributed by atoms with E-state index in [-0.39, 0.29) is 11.2 Å². The van der Waals surface area contributed by atoms with Crippen LogP contribution in [-0.2, 0) is 4.79 Å². The van der Waals surface area contributed by atoms with E-state index in [9.17, 15) is 4.79 Å². The molecule has 0 bridgehead atoms. The van der Waals surface area contributed by atoms with Crippen LogP contribution in [0.25, 0.3) is 0 Å². The summed E-state index contributed by atoms with van der Waals surface area (Å²) in [6.45, 7) is 6.86. The zero-order valence-electron chi connectivity index (χ0n) is 10.9. The first kappa shape index (κ1) is 14.6. The molecule has 98 valence electrons. The van der Waals surface area contributed by atoms with Gasteiger partial charge in [-0.1, -0.05) is 25.0 Å². The van der Waals surface area contributed by atoms with Crippen molar-refractivity contribution in [2.24, 2.45) is 0 Å². The quantitative estimate of drug-likeness (QED) is 0.540. The molecule has 0 aromatic carbocycles. The second-order valence-corrected chi connectivity index (χ2v) is 5.85. The van der Waals surface area contributed by atoms with Gasteiger partial charge in [0, 0.05) is 13.1 Å². The Kier molecular flexibility index (Phi) is 7.37. The Morgan fingerprint density at radius 1 is 1.65 bits per heavy atom. The van der Waals surface area contributed by atoms with Gasteiger partial charge in [-0.3, -0.25) is 4.79 Å². The summed E-state index contributed by atoms with van der Waals surface area (Å²) in [5, 5.41) is 6.36. The second-order valence-electron chi connectivity index (χ2n) is 4.40. The fourth-order valence-corrected chi connectivity index (χ4v) is 2.70. The third-order valence-corrected chi connectivity index (χ3v) is 4.12. The molecule has 0 aromatic heterocycles. The fraction of sp³-hybridized carbons (Fsp3) is 0.769. The van der Waals surface area contributed by atoms with E-state index in [0.717, 1.165) is 31.8 Å². The van der Waals surface area contributed by atoms with E-state index in [1.807, 2.05) is 6.92 Å². The Bertz CT molecular complexity index is 266. The molecule has 1 unspecified atom stereocenters. The van der Waals surface area contributed by atoms with Gasteiger partial charge in [0.25, 0.3) is 0 Å². The normalized spacial score (nSPS) is 17.4. The van der Waals surface area contributed by atoms with E-state index in [0.29, 0.717) is 0 Å². The minimum Gasteiger partial charge on any atom is -0.351 e. The highest BCUT2D eigenvalue weighted by Crippen LogP contribution is 2.13. The molecule has 1 aliphatic heterocycles. The van der Waals surface area contributed by atoms with Crippen molar-refractivity contribution in [2.75, 3.05) is 25.4 Å².